The summed E-state index contributed by atoms with van der Waals surface area (Å²) in [6.45, 7) is 0.536. The van der Waals surface area contributed by atoms with Gasteiger partial charge in [-0.3, -0.25) is 4.79 Å². The molecule has 3 rings (SSSR count). The molecule has 114 valence electrons. The monoisotopic (exact) mass is 286 g/mol. The zero-order valence-electron chi connectivity index (χ0n) is 12.9. The van der Waals surface area contributed by atoms with Crippen LogP contribution in [-0.4, -0.2) is 12.4 Å². The first-order valence-electron chi connectivity index (χ1n) is 8.60. The van der Waals surface area contributed by atoms with Crippen molar-refractivity contribution in [1.82, 2.24) is 0 Å². The Kier molecular flexibility index (Phi) is 4.95. The number of Topliss-reactive ketones (excluding diaryl/α,β-unsaturated/α-hetero) is 1. The number of ether oxygens (including phenoxy) is 1. The van der Waals surface area contributed by atoms with E-state index in [1.54, 1.807) is 0 Å². The van der Waals surface area contributed by atoms with Crippen LogP contribution in [0, 0.1) is 5.92 Å². The largest absolute Gasteiger partial charge is 0.493 e. The quantitative estimate of drug-likeness (QED) is 0.797. The van der Waals surface area contributed by atoms with Crippen molar-refractivity contribution in [3.05, 3.63) is 29.3 Å². The van der Waals surface area contributed by atoms with E-state index in [1.807, 2.05) is 0 Å². The number of hydrogen-bond acceptors (Lipinski definition) is 2. The first-order valence-corrected chi connectivity index (χ1v) is 8.60. The van der Waals surface area contributed by atoms with Crippen LogP contribution in [0.25, 0.3) is 0 Å². The van der Waals surface area contributed by atoms with Crippen LogP contribution >= 0.6 is 0 Å². The van der Waals surface area contributed by atoms with E-state index in [-0.39, 0.29) is 0 Å². The van der Waals surface area contributed by atoms with E-state index in [2.05, 4.69) is 18.2 Å². The van der Waals surface area contributed by atoms with Crippen LogP contribution in [0.2, 0.25) is 0 Å². The molecule has 0 spiro atoms. The highest BCUT2D eigenvalue weighted by molar-refractivity contribution is 5.81. The zero-order chi connectivity index (χ0) is 14.5. The zero-order valence-corrected chi connectivity index (χ0v) is 12.9. The summed E-state index contributed by atoms with van der Waals surface area (Å²) < 4.78 is 5.81. The van der Waals surface area contributed by atoms with Crippen LogP contribution in [0.5, 0.6) is 5.75 Å². The molecule has 0 atom stereocenters. The molecule has 0 saturated heterocycles. The first kappa shape index (κ1) is 14.6. The summed E-state index contributed by atoms with van der Waals surface area (Å²) in [7, 11) is 0. The maximum absolute atomic E-state index is 12.1. The maximum atomic E-state index is 12.1. The van der Waals surface area contributed by atoms with E-state index in [1.165, 1.54) is 56.1 Å². The van der Waals surface area contributed by atoms with E-state index in [0.717, 1.165) is 18.6 Å². The molecule has 1 aromatic rings. The SMILES string of the molecule is O=C(CCOc1ccc2c(c1)CCCC2)C1CCCCC1. The molecule has 0 heterocycles. The molecule has 0 aliphatic heterocycles. The molecule has 1 aromatic carbocycles. The Bertz CT molecular complexity index is 486. The number of carbonyl (C=O) groups excluding carboxylic acids is 1. The predicted octanol–water partition coefficient (Wildman–Crippen LogP) is 4.48. The lowest BCUT2D eigenvalue weighted by Gasteiger charge is -2.20. The molecule has 2 aliphatic carbocycles. The standard InChI is InChI=1S/C19H26O2/c20-19(16-7-2-1-3-8-16)12-13-21-18-11-10-15-6-4-5-9-17(15)14-18/h10-11,14,16H,1-9,12-13H2. The van der Waals surface area contributed by atoms with Crippen molar-refractivity contribution in [2.24, 2.45) is 5.92 Å². The van der Waals surface area contributed by atoms with Crippen molar-refractivity contribution in [1.29, 1.82) is 0 Å². The van der Waals surface area contributed by atoms with Crippen LogP contribution in [0.1, 0.15) is 62.5 Å². The van der Waals surface area contributed by atoms with Gasteiger partial charge in [0, 0.05) is 12.3 Å². The normalized spacial score (nSPS) is 19.0. The van der Waals surface area contributed by atoms with Gasteiger partial charge in [-0.1, -0.05) is 25.3 Å². The molecule has 1 saturated carbocycles. The van der Waals surface area contributed by atoms with Gasteiger partial charge in [-0.25, -0.2) is 0 Å². The van der Waals surface area contributed by atoms with Gasteiger partial charge in [-0.15, -0.1) is 0 Å². The minimum atomic E-state index is 0.311. The van der Waals surface area contributed by atoms with E-state index in [9.17, 15) is 4.79 Å². The Morgan fingerprint density at radius 1 is 1.00 bits per heavy atom. The molecule has 1 fully saturated rings. The number of hydrogen-bond donors (Lipinski definition) is 0. The second-order valence-electron chi connectivity index (χ2n) is 6.54. The van der Waals surface area contributed by atoms with Gasteiger partial charge >= 0.3 is 0 Å². The summed E-state index contributed by atoms with van der Waals surface area (Å²) in [4.78, 5) is 12.1. The highest BCUT2D eigenvalue weighted by Gasteiger charge is 2.20. The summed E-state index contributed by atoms with van der Waals surface area (Å²) in [6, 6.07) is 6.45. The average molecular weight is 286 g/mol. The van der Waals surface area contributed by atoms with E-state index in [0.29, 0.717) is 24.7 Å². The van der Waals surface area contributed by atoms with Gasteiger partial charge in [0.15, 0.2) is 0 Å². The summed E-state index contributed by atoms with van der Waals surface area (Å²) in [5.74, 6) is 1.66. The van der Waals surface area contributed by atoms with Crippen molar-refractivity contribution >= 4 is 5.78 Å². The molecular formula is C19H26O2. The molecule has 2 nitrogen and oxygen atoms in total. The second kappa shape index (κ2) is 7.11. The fourth-order valence-corrected chi connectivity index (χ4v) is 3.70. The smallest absolute Gasteiger partial charge is 0.139 e. The third kappa shape index (κ3) is 3.87. The third-order valence-corrected chi connectivity index (χ3v) is 5.00. The second-order valence-corrected chi connectivity index (χ2v) is 6.54. The molecule has 2 heteroatoms. The van der Waals surface area contributed by atoms with Crippen LogP contribution < -0.4 is 4.74 Å². The maximum Gasteiger partial charge on any atom is 0.139 e. The summed E-state index contributed by atoms with van der Waals surface area (Å²) in [6.07, 6.45) is 11.5. The number of carbonyl (C=O) groups is 1. The fraction of sp³-hybridized carbons (Fsp3) is 0.632. The fourth-order valence-electron chi connectivity index (χ4n) is 3.70. The van der Waals surface area contributed by atoms with Gasteiger partial charge in [0.2, 0.25) is 0 Å². The Balaban J connectivity index is 1.47. The molecule has 21 heavy (non-hydrogen) atoms. The Labute approximate surface area is 127 Å². The van der Waals surface area contributed by atoms with Gasteiger partial charge in [0.05, 0.1) is 6.61 Å². The molecule has 0 aromatic heterocycles. The van der Waals surface area contributed by atoms with Gasteiger partial charge in [-0.2, -0.15) is 0 Å². The number of benzene rings is 1. The Morgan fingerprint density at radius 3 is 2.57 bits per heavy atom. The Morgan fingerprint density at radius 2 is 1.76 bits per heavy atom. The molecule has 0 radical (unpaired) electrons. The molecule has 0 bridgehead atoms. The van der Waals surface area contributed by atoms with E-state index in [4.69, 9.17) is 4.74 Å². The van der Waals surface area contributed by atoms with Crippen LogP contribution in [0.15, 0.2) is 18.2 Å². The topological polar surface area (TPSA) is 26.3 Å². The molecule has 0 N–H and O–H groups in total. The number of rotatable bonds is 5. The van der Waals surface area contributed by atoms with Crippen molar-refractivity contribution in [2.75, 3.05) is 6.61 Å². The summed E-state index contributed by atoms with van der Waals surface area (Å²) >= 11 is 0. The average Bonchev–Trinajstić information content (AvgIpc) is 2.55. The van der Waals surface area contributed by atoms with Gasteiger partial charge in [0.1, 0.15) is 11.5 Å². The highest BCUT2D eigenvalue weighted by Crippen LogP contribution is 2.27. The molecule has 0 unspecified atom stereocenters. The van der Waals surface area contributed by atoms with Crippen LogP contribution in [-0.2, 0) is 17.6 Å². The minimum absolute atomic E-state index is 0.311. The number of aryl methyl sites for hydroxylation is 2. The van der Waals surface area contributed by atoms with Crippen molar-refractivity contribution in [3.63, 3.8) is 0 Å². The summed E-state index contributed by atoms with van der Waals surface area (Å²) in [5, 5.41) is 0. The van der Waals surface area contributed by atoms with Crippen molar-refractivity contribution in [3.8, 4) is 5.75 Å². The van der Waals surface area contributed by atoms with Gasteiger partial charge in [-0.05, 0) is 61.8 Å². The van der Waals surface area contributed by atoms with Gasteiger partial charge < -0.3 is 4.74 Å². The molecule has 0 amide bonds. The number of fused-ring (bicyclic) bond motifs is 1. The predicted molar refractivity (Wildman–Crippen MR) is 84.8 cm³/mol. The molecular weight excluding hydrogens is 260 g/mol. The molecule has 2 aliphatic rings. The lowest BCUT2D eigenvalue weighted by Crippen LogP contribution is -2.19. The van der Waals surface area contributed by atoms with Gasteiger partial charge in [0.25, 0.3) is 0 Å². The lowest BCUT2D eigenvalue weighted by molar-refractivity contribution is -0.124. The number of ketones is 1. The van der Waals surface area contributed by atoms with Crippen LogP contribution in [0.3, 0.4) is 0 Å². The lowest BCUT2D eigenvalue weighted by atomic mass is 9.85. The summed E-state index contributed by atoms with van der Waals surface area (Å²) in [5.41, 5.74) is 2.92. The minimum Gasteiger partial charge on any atom is -0.493 e. The third-order valence-electron chi connectivity index (χ3n) is 5.00. The van der Waals surface area contributed by atoms with E-state index < -0.39 is 0 Å². The van der Waals surface area contributed by atoms with Crippen LogP contribution in [0.4, 0.5) is 0 Å². The van der Waals surface area contributed by atoms with Crippen molar-refractivity contribution in [2.45, 2.75) is 64.2 Å². The highest BCUT2D eigenvalue weighted by atomic mass is 16.5. The first-order chi connectivity index (χ1) is 10.3. The Hall–Kier alpha value is -1.31. The van der Waals surface area contributed by atoms with E-state index >= 15 is 0 Å². The van der Waals surface area contributed by atoms with Crippen molar-refractivity contribution < 1.29 is 9.53 Å².